The largest absolute Gasteiger partial charge is 0.497 e. The van der Waals surface area contributed by atoms with Crippen LogP contribution in [0.2, 0.25) is 0 Å². The lowest BCUT2D eigenvalue weighted by Crippen LogP contribution is -2.53. The molecule has 0 heterocycles. The smallest absolute Gasteiger partial charge is 0.243 e. The quantitative estimate of drug-likeness (QED) is 0.499. The summed E-state index contributed by atoms with van der Waals surface area (Å²) >= 11 is 1.66. The van der Waals surface area contributed by atoms with Crippen LogP contribution in [0.4, 0.5) is 0 Å². The monoisotopic (exact) mass is 456 g/mol. The summed E-state index contributed by atoms with van der Waals surface area (Å²) < 4.78 is 5.24. The Bertz CT molecular complexity index is 873. The van der Waals surface area contributed by atoms with Crippen LogP contribution in [-0.2, 0) is 16.1 Å². The Balaban J connectivity index is 2.15. The Labute approximate surface area is 196 Å². The van der Waals surface area contributed by atoms with E-state index in [4.69, 9.17) is 4.74 Å². The van der Waals surface area contributed by atoms with Gasteiger partial charge in [0.1, 0.15) is 11.8 Å². The molecule has 1 unspecified atom stereocenters. The van der Waals surface area contributed by atoms with E-state index in [2.05, 4.69) is 36.5 Å². The predicted molar refractivity (Wildman–Crippen MR) is 132 cm³/mol. The molecule has 6 heteroatoms. The van der Waals surface area contributed by atoms with E-state index in [1.807, 2.05) is 52.0 Å². The summed E-state index contributed by atoms with van der Waals surface area (Å²) in [6.07, 6.45) is 0.920. The predicted octanol–water partition coefficient (Wildman–Crippen LogP) is 5.21. The number of nitrogens with one attached hydrogen (secondary N) is 1. The number of thioether (sulfide) groups is 1. The molecule has 0 aliphatic rings. The molecule has 0 aliphatic carbocycles. The average Bonchev–Trinajstić information content (AvgIpc) is 2.74. The van der Waals surface area contributed by atoms with Gasteiger partial charge in [0.15, 0.2) is 0 Å². The van der Waals surface area contributed by atoms with E-state index in [0.29, 0.717) is 25.1 Å². The summed E-state index contributed by atoms with van der Waals surface area (Å²) in [5.74, 6) is 1.29. The fraction of sp³-hybridized carbons (Fsp3) is 0.462. The number of amides is 2. The molecule has 5 nitrogen and oxygen atoms in total. The molecule has 174 valence electrons. The molecule has 0 aromatic heterocycles. The molecule has 32 heavy (non-hydrogen) atoms. The Morgan fingerprint density at radius 2 is 1.69 bits per heavy atom. The summed E-state index contributed by atoms with van der Waals surface area (Å²) in [7, 11) is 1.63. The van der Waals surface area contributed by atoms with E-state index < -0.39 is 6.04 Å². The molecule has 0 fully saturated rings. The third-order valence-corrected chi connectivity index (χ3v) is 6.02. The standard InChI is InChI=1S/C26H36N2O3S/c1-7-23(25(30)27-26(3,4)5)28(18-20-10-12-21(31-6)13-11-20)24(29)16-17-32-22-14-8-19(2)9-15-22/h8-15,23H,7,16-18H2,1-6H3,(H,27,30). The number of methoxy groups -OCH3 is 1. The van der Waals surface area contributed by atoms with Crippen molar-refractivity contribution in [1.82, 2.24) is 10.2 Å². The minimum atomic E-state index is -0.520. The second-order valence-electron chi connectivity index (χ2n) is 8.94. The van der Waals surface area contributed by atoms with Crippen molar-refractivity contribution in [2.24, 2.45) is 0 Å². The molecule has 0 saturated heterocycles. The maximum atomic E-state index is 13.3. The summed E-state index contributed by atoms with van der Waals surface area (Å²) in [5, 5.41) is 3.04. The van der Waals surface area contributed by atoms with Crippen molar-refractivity contribution in [3.05, 3.63) is 59.7 Å². The van der Waals surface area contributed by atoms with Crippen LogP contribution in [0.3, 0.4) is 0 Å². The van der Waals surface area contributed by atoms with Gasteiger partial charge in [-0.25, -0.2) is 0 Å². The first-order chi connectivity index (χ1) is 15.1. The van der Waals surface area contributed by atoms with E-state index in [0.717, 1.165) is 16.2 Å². The molecular weight excluding hydrogens is 420 g/mol. The number of carbonyl (C=O) groups is 2. The molecule has 0 spiro atoms. The lowest BCUT2D eigenvalue weighted by Gasteiger charge is -2.33. The van der Waals surface area contributed by atoms with Crippen LogP contribution in [0.1, 0.15) is 51.7 Å². The van der Waals surface area contributed by atoms with E-state index >= 15 is 0 Å². The SMILES string of the molecule is CCC(C(=O)NC(C)(C)C)N(Cc1ccc(OC)cc1)C(=O)CCSc1ccc(C)cc1. The van der Waals surface area contributed by atoms with Crippen LogP contribution in [0.25, 0.3) is 0 Å². The van der Waals surface area contributed by atoms with Gasteiger partial charge in [-0.2, -0.15) is 0 Å². The van der Waals surface area contributed by atoms with Crippen LogP contribution in [0, 0.1) is 6.92 Å². The minimum Gasteiger partial charge on any atom is -0.497 e. The van der Waals surface area contributed by atoms with Gasteiger partial charge in [0, 0.05) is 29.2 Å². The van der Waals surface area contributed by atoms with Gasteiger partial charge in [0.25, 0.3) is 0 Å². The van der Waals surface area contributed by atoms with E-state index in [1.165, 1.54) is 5.56 Å². The van der Waals surface area contributed by atoms with Gasteiger partial charge >= 0.3 is 0 Å². The normalized spacial score (nSPS) is 12.2. The van der Waals surface area contributed by atoms with E-state index in [9.17, 15) is 9.59 Å². The Kier molecular flexibility index (Phi) is 9.63. The van der Waals surface area contributed by atoms with Gasteiger partial charge in [-0.1, -0.05) is 36.8 Å². The molecule has 2 aromatic carbocycles. The van der Waals surface area contributed by atoms with Crippen molar-refractivity contribution in [2.75, 3.05) is 12.9 Å². The number of nitrogens with zero attached hydrogens (tertiary/aromatic N) is 1. The first-order valence-electron chi connectivity index (χ1n) is 11.1. The highest BCUT2D eigenvalue weighted by Gasteiger charge is 2.30. The van der Waals surface area contributed by atoms with Gasteiger partial charge in [0.2, 0.25) is 11.8 Å². The average molecular weight is 457 g/mol. The molecule has 2 rings (SSSR count). The Morgan fingerprint density at radius 3 is 2.22 bits per heavy atom. The van der Waals surface area contributed by atoms with Gasteiger partial charge in [0.05, 0.1) is 7.11 Å². The maximum Gasteiger partial charge on any atom is 0.243 e. The molecule has 1 atom stereocenters. The van der Waals surface area contributed by atoms with Crippen molar-refractivity contribution in [3.63, 3.8) is 0 Å². The highest BCUT2D eigenvalue weighted by Crippen LogP contribution is 2.22. The number of rotatable bonds is 10. The van der Waals surface area contributed by atoms with Gasteiger partial charge in [-0.15, -0.1) is 11.8 Å². The molecule has 0 saturated carbocycles. The third kappa shape index (κ3) is 8.23. The second kappa shape index (κ2) is 12.0. The lowest BCUT2D eigenvalue weighted by atomic mass is 10.1. The first-order valence-corrected chi connectivity index (χ1v) is 12.1. The van der Waals surface area contributed by atoms with Crippen LogP contribution >= 0.6 is 11.8 Å². The van der Waals surface area contributed by atoms with Crippen LogP contribution in [0.5, 0.6) is 5.75 Å². The highest BCUT2D eigenvalue weighted by atomic mass is 32.2. The highest BCUT2D eigenvalue weighted by molar-refractivity contribution is 7.99. The number of hydrogen-bond acceptors (Lipinski definition) is 4. The fourth-order valence-corrected chi connectivity index (χ4v) is 4.18. The van der Waals surface area contributed by atoms with Crippen molar-refractivity contribution in [3.8, 4) is 5.75 Å². The molecule has 0 aliphatic heterocycles. The fourth-order valence-electron chi connectivity index (χ4n) is 3.33. The number of aryl methyl sites for hydroxylation is 1. The zero-order valence-corrected chi connectivity index (χ0v) is 20.9. The van der Waals surface area contributed by atoms with E-state index in [1.54, 1.807) is 23.8 Å². The van der Waals surface area contributed by atoms with Gasteiger partial charge in [-0.3, -0.25) is 9.59 Å². The Morgan fingerprint density at radius 1 is 1.06 bits per heavy atom. The molecule has 1 N–H and O–H groups in total. The number of ether oxygens (including phenoxy) is 1. The Hall–Kier alpha value is -2.47. The maximum absolute atomic E-state index is 13.3. The van der Waals surface area contributed by atoms with Crippen LogP contribution in [-0.4, -0.2) is 41.2 Å². The topological polar surface area (TPSA) is 58.6 Å². The van der Waals surface area contributed by atoms with Crippen LogP contribution in [0.15, 0.2) is 53.4 Å². The molecule has 2 amide bonds. The lowest BCUT2D eigenvalue weighted by molar-refractivity contribution is -0.141. The summed E-state index contributed by atoms with van der Waals surface area (Å²) in [6.45, 7) is 10.2. The van der Waals surface area contributed by atoms with E-state index in [-0.39, 0.29) is 17.4 Å². The van der Waals surface area contributed by atoms with Crippen molar-refractivity contribution < 1.29 is 14.3 Å². The second-order valence-corrected chi connectivity index (χ2v) is 10.1. The zero-order valence-electron chi connectivity index (χ0n) is 20.1. The zero-order chi connectivity index (χ0) is 23.7. The molecular formula is C26H36N2O3S. The molecule has 2 aromatic rings. The van der Waals surface area contributed by atoms with Crippen molar-refractivity contribution >= 4 is 23.6 Å². The number of carbonyl (C=O) groups excluding carboxylic acids is 2. The molecule has 0 bridgehead atoms. The van der Waals surface area contributed by atoms with Crippen molar-refractivity contribution in [2.45, 2.75) is 70.5 Å². The third-order valence-electron chi connectivity index (χ3n) is 5.00. The number of hydrogen-bond donors (Lipinski definition) is 1. The van der Waals surface area contributed by atoms with Crippen molar-refractivity contribution in [1.29, 1.82) is 0 Å². The summed E-state index contributed by atoms with van der Waals surface area (Å²) in [4.78, 5) is 29.2. The first kappa shape index (κ1) is 25.8. The van der Waals surface area contributed by atoms with Gasteiger partial charge < -0.3 is 15.0 Å². The molecule has 0 radical (unpaired) electrons. The summed E-state index contributed by atoms with van der Waals surface area (Å²) in [5.41, 5.74) is 1.82. The van der Waals surface area contributed by atoms with Gasteiger partial charge in [-0.05, 0) is 63.9 Å². The minimum absolute atomic E-state index is 0.0173. The summed E-state index contributed by atoms with van der Waals surface area (Å²) in [6, 6.07) is 15.4. The number of benzene rings is 2. The van der Waals surface area contributed by atoms with Crippen LogP contribution < -0.4 is 10.1 Å².